The molecule has 5 heteroatoms. The van der Waals surface area contributed by atoms with Gasteiger partial charge in [-0.05, 0) is 68.5 Å². The lowest BCUT2D eigenvalue weighted by Crippen LogP contribution is -2.33. The molecule has 1 aromatic heterocycles. The minimum Gasteiger partial charge on any atom is -0.416 e. The van der Waals surface area contributed by atoms with E-state index in [-0.39, 0.29) is 11.9 Å². The second-order valence-corrected chi connectivity index (χ2v) is 6.90. The number of aryl methyl sites for hydroxylation is 1. The van der Waals surface area contributed by atoms with Gasteiger partial charge in [-0.1, -0.05) is 18.2 Å². The van der Waals surface area contributed by atoms with Crippen LogP contribution < -0.4 is 5.32 Å². The van der Waals surface area contributed by atoms with Crippen molar-refractivity contribution in [3.8, 4) is 22.9 Å². The van der Waals surface area contributed by atoms with Crippen molar-refractivity contribution >= 4 is 5.91 Å². The van der Waals surface area contributed by atoms with Crippen LogP contribution in [0, 0.1) is 12.8 Å². The molecule has 1 saturated carbocycles. The zero-order valence-electron chi connectivity index (χ0n) is 14.9. The molecule has 3 aromatic rings. The molecular weight excluding hydrogens is 326 g/mol. The van der Waals surface area contributed by atoms with Crippen molar-refractivity contribution in [2.45, 2.75) is 32.7 Å². The highest BCUT2D eigenvalue weighted by Crippen LogP contribution is 2.32. The molecule has 0 aliphatic heterocycles. The predicted molar refractivity (Wildman–Crippen MR) is 99.6 cm³/mol. The highest BCUT2D eigenvalue weighted by Gasteiger charge is 2.29. The third-order valence-corrected chi connectivity index (χ3v) is 4.88. The van der Waals surface area contributed by atoms with E-state index in [9.17, 15) is 4.79 Å². The van der Waals surface area contributed by atoms with E-state index in [2.05, 4.69) is 22.4 Å². The van der Waals surface area contributed by atoms with Gasteiger partial charge in [-0.15, -0.1) is 10.2 Å². The fraction of sp³-hybridized carbons (Fsp3) is 0.286. The van der Waals surface area contributed by atoms with Gasteiger partial charge in [0, 0.05) is 22.7 Å². The van der Waals surface area contributed by atoms with Gasteiger partial charge in [-0.3, -0.25) is 4.79 Å². The minimum atomic E-state index is -0.0397. The van der Waals surface area contributed by atoms with E-state index >= 15 is 0 Å². The second-order valence-electron chi connectivity index (χ2n) is 6.90. The van der Waals surface area contributed by atoms with Crippen molar-refractivity contribution in [2.75, 3.05) is 0 Å². The number of nitrogens with one attached hydrogen (secondary N) is 1. The molecule has 2 aromatic carbocycles. The summed E-state index contributed by atoms with van der Waals surface area (Å²) in [5, 5.41) is 11.4. The van der Waals surface area contributed by atoms with Gasteiger partial charge in [0.25, 0.3) is 5.91 Å². The highest BCUT2D eigenvalue weighted by atomic mass is 16.4. The average Bonchev–Trinajstić information content (AvgIpc) is 3.40. The van der Waals surface area contributed by atoms with Gasteiger partial charge >= 0.3 is 0 Å². The van der Waals surface area contributed by atoms with Gasteiger partial charge in [0.05, 0.1) is 0 Å². The molecule has 26 heavy (non-hydrogen) atoms. The standard InChI is InChI=1S/C21H21N3O2/c1-13-5-3-4-6-18(13)21-24-23-20(26-21)17-11-9-16(10-12-17)19(25)22-14(2)15-7-8-15/h3-6,9-12,14-15H,7-8H2,1-2H3,(H,22,25)/t14-/m0/s1. The number of hydrogen-bond acceptors (Lipinski definition) is 4. The number of carbonyl (C=O) groups is 1. The van der Waals surface area contributed by atoms with Gasteiger partial charge in [0.1, 0.15) is 0 Å². The van der Waals surface area contributed by atoms with E-state index in [1.54, 1.807) is 12.1 Å². The molecule has 1 aliphatic carbocycles. The monoisotopic (exact) mass is 347 g/mol. The van der Waals surface area contributed by atoms with Crippen LogP contribution in [0.15, 0.2) is 52.9 Å². The smallest absolute Gasteiger partial charge is 0.251 e. The Bertz CT molecular complexity index is 926. The maximum atomic E-state index is 12.3. The zero-order valence-corrected chi connectivity index (χ0v) is 14.9. The summed E-state index contributed by atoms with van der Waals surface area (Å²) in [6.45, 7) is 4.07. The Balaban J connectivity index is 1.50. The van der Waals surface area contributed by atoms with Gasteiger partial charge < -0.3 is 9.73 Å². The molecule has 1 heterocycles. The Kier molecular flexibility index (Phi) is 4.29. The first-order chi connectivity index (χ1) is 12.6. The van der Waals surface area contributed by atoms with Crippen LogP contribution in [-0.4, -0.2) is 22.1 Å². The molecule has 0 saturated heterocycles. The van der Waals surface area contributed by atoms with Crippen molar-refractivity contribution in [1.82, 2.24) is 15.5 Å². The first kappa shape index (κ1) is 16.5. The van der Waals surface area contributed by atoms with Gasteiger partial charge in [-0.2, -0.15) is 0 Å². The quantitative estimate of drug-likeness (QED) is 0.749. The summed E-state index contributed by atoms with van der Waals surface area (Å²) in [5.41, 5.74) is 3.44. The number of benzene rings is 2. The Labute approximate surface area is 152 Å². The number of carbonyl (C=O) groups excluding carboxylic acids is 1. The lowest BCUT2D eigenvalue weighted by Gasteiger charge is -2.12. The maximum Gasteiger partial charge on any atom is 0.251 e. The Hall–Kier alpha value is -2.95. The maximum absolute atomic E-state index is 12.3. The summed E-state index contributed by atoms with van der Waals surface area (Å²) in [7, 11) is 0. The van der Waals surface area contributed by atoms with E-state index in [0.29, 0.717) is 23.3 Å². The van der Waals surface area contributed by atoms with Gasteiger partial charge in [0.2, 0.25) is 11.8 Å². The van der Waals surface area contributed by atoms with Crippen LogP contribution in [0.25, 0.3) is 22.9 Å². The summed E-state index contributed by atoms with van der Waals surface area (Å²) >= 11 is 0. The average molecular weight is 347 g/mol. The van der Waals surface area contributed by atoms with Gasteiger partial charge in [-0.25, -0.2) is 0 Å². The molecule has 1 N–H and O–H groups in total. The zero-order chi connectivity index (χ0) is 18.1. The molecule has 0 spiro atoms. The van der Waals surface area contributed by atoms with E-state index in [0.717, 1.165) is 16.7 Å². The number of hydrogen-bond donors (Lipinski definition) is 1. The third-order valence-electron chi connectivity index (χ3n) is 4.88. The summed E-state index contributed by atoms with van der Waals surface area (Å²) in [4.78, 5) is 12.3. The van der Waals surface area contributed by atoms with Crippen molar-refractivity contribution in [3.05, 3.63) is 59.7 Å². The molecule has 0 bridgehead atoms. The molecule has 4 rings (SSSR count). The van der Waals surface area contributed by atoms with Crippen LogP contribution in [0.4, 0.5) is 0 Å². The summed E-state index contributed by atoms with van der Waals surface area (Å²) < 4.78 is 5.82. The van der Waals surface area contributed by atoms with Crippen LogP contribution in [0.1, 0.15) is 35.7 Å². The second kappa shape index (κ2) is 6.75. The molecule has 0 radical (unpaired) electrons. The first-order valence-electron chi connectivity index (χ1n) is 8.92. The number of amides is 1. The van der Waals surface area contributed by atoms with E-state index in [1.807, 2.05) is 43.3 Å². The number of aromatic nitrogens is 2. The summed E-state index contributed by atoms with van der Waals surface area (Å²) in [5.74, 6) is 1.54. The van der Waals surface area contributed by atoms with Crippen LogP contribution in [-0.2, 0) is 0 Å². The predicted octanol–water partition coefficient (Wildman–Crippen LogP) is 4.24. The third kappa shape index (κ3) is 3.38. The van der Waals surface area contributed by atoms with Crippen molar-refractivity contribution in [2.24, 2.45) is 5.92 Å². The topological polar surface area (TPSA) is 68.0 Å². The number of rotatable bonds is 5. The van der Waals surface area contributed by atoms with Crippen LogP contribution in [0.3, 0.4) is 0 Å². The van der Waals surface area contributed by atoms with Gasteiger partial charge in [0.15, 0.2) is 0 Å². The minimum absolute atomic E-state index is 0.0397. The Morgan fingerprint density at radius 3 is 2.46 bits per heavy atom. The molecular formula is C21H21N3O2. The van der Waals surface area contributed by atoms with Crippen molar-refractivity contribution in [3.63, 3.8) is 0 Å². The number of nitrogens with zero attached hydrogens (tertiary/aromatic N) is 2. The fourth-order valence-corrected chi connectivity index (χ4v) is 3.03. The van der Waals surface area contributed by atoms with Crippen LogP contribution in [0.5, 0.6) is 0 Å². The molecule has 1 aliphatic rings. The largest absolute Gasteiger partial charge is 0.416 e. The molecule has 1 atom stereocenters. The molecule has 132 valence electrons. The molecule has 1 amide bonds. The first-order valence-corrected chi connectivity index (χ1v) is 8.92. The van der Waals surface area contributed by atoms with E-state index in [1.165, 1.54) is 12.8 Å². The van der Waals surface area contributed by atoms with Crippen LogP contribution >= 0.6 is 0 Å². The Morgan fingerprint density at radius 2 is 1.77 bits per heavy atom. The SMILES string of the molecule is Cc1ccccc1-c1nnc(-c2ccc(C(=O)N[C@@H](C)C3CC3)cc2)o1. The lowest BCUT2D eigenvalue weighted by molar-refractivity contribution is 0.0936. The summed E-state index contributed by atoms with van der Waals surface area (Å²) in [6, 6.07) is 15.4. The lowest BCUT2D eigenvalue weighted by atomic mass is 10.1. The fourth-order valence-electron chi connectivity index (χ4n) is 3.03. The summed E-state index contributed by atoms with van der Waals surface area (Å²) in [6.07, 6.45) is 2.42. The Morgan fingerprint density at radius 1 is 1.08 bits per heavy atom. The molecule has 0 unspecified atom stereocenters. The highest BCUT2D eigenvalue weighted by molar-refractivity contribution is 5.94. The molecule has 5 nitrogen and oxygen atoms in total. The van der Waals surface area contributed by atoms with E-state index < -0.39 is 0 Å². The van der Waals surface area contributed by atoms with E-state index in [4.69, 9.17) is 4.42 Å². The van der Waals surface area contributed by atoms with Crippen LogP contribution in [0.2, 0.25) is 0 Å². The molecule has 1 fully saturated rings. The van der Waals surface area contributed by atoms with Crippen molar-refractivity contribution in [1.29, 1.82) is 0 Å². The normalized spacial score (nSPS) is 14.8. The van der Waals surface area contributed by atoms with Crippen molar-refractivity contribution < 1.29 is 9.21 Å².